The van der Waals surface area contributed by atoms with Gasteiger partial charge in [-0.3, -0.25) is 4.79 Å². The van der Waals surface area contributed by atoms with Crippen molar-refractivity contribution in [2.24, 2.45) is 0 Å². The fourth-order valence-corrected chi connectivity index (χ4v) is 6.20. The third-order valence-corrected chi connectivity index (χ3v) is 13.1. The Morgan fingerprint density at radius 2 is 1.80 bits per heavy atom. The highest BCUT2D eigenvalue weighted by Gasteiger charge is 2.39. The summed E-state index contributed by atoms with van der Waals surface area (Å²) in [7, 11) is -0.487. The van der Waals surface area contributed by atoms with E-state index in [4.69, 9.17) is 9.16 Å². The van der Waals surface area contributed by atoms with Crippen molar-refractivity contribution in [3.8, 4) is 11.5 Å². The van der Waals surface area contributed by atoms with Gasteiger partial charge in [-0.25, -0.2) is 0 Å². The fourth-order valence-electron chi connectivity index (χ4n) is 4.92. The van der Waals surface area contributed by atoms with E-state index in [1.54, 1.807) is 13.2 Å². The van der Waals surface area contributed by atoms with E-state index >= 15 is 0 Å². The van der Waals surface area contributed by atoms with Crippen LogP contribution in [0.5, 0.6) is 11.5 Å². The van der Waals surface area contributed by atoms with Crippen molar-refractivity contribution in [1.29, 1.82) is 0 Å². The molecule has 9 heteroatoms. The summed E-state index contributed by atoms with van der Waals surface area (Å²) in [6.45, 7) is 14.0. The molecule has 1 heterocycles. The van der Waals surface area contributed by atoms with Gasteiger partial charge in [0.1, 0.15) is 17.2 Å². The molecule has 8 nitrogen and oxygen atoms in total. The molecule has 5 N–H and O–H groups in total. The van der Waals surface area contributed by atoms with E-state index in [-0.39, 0.29) is 35.4 Å². The molecule has 4 rings (SSSR count). The Balaban J connectivity index is 1.41. The lowest BCUT2D eigenvalue weighted by Crippen LogP contribution is -2.44. The maximum absolute atomic E-state index is 12.9. The number of methoxy groups -OCH3 is 1. The minimum atomic E-state index is -2.11. The molecule has 0 aliphatic carbocycles. The van der Waals surface area contributed by atoms with Gasteiger partial charge in [-0.1, -0.05) is 45.0 Å². The number of ether oxygens (including phenoxy) is 1. The lowest BCUT2D eigenvalue weighted by molar-refractivity contribution is 0.0946. The lowest BCUT2D eigenvalue weighted by Gasteiger charge is -2.40. The van der Waals surface area contributed by atoms with Crippen LogP contribution in [0.15, 0.2) is 66.7 Å². The molecule has 0 saturated carbocycles. The van der Waals surface area contributed by atoms with Gasteiger partial charge in [-0.05, 0) is 90.6 Å². The summed E-state index contributed by atoms with van der Waals surface area (Å²) in [6.07, 6.45) is 0.567. The van der Waals surface area contributed by atoms with Gasteiger partial charge in [0.05, 0.1) is 19.8 Å². The number of rotatable bonds is 13. The summed E-state index contributed by atoms with van der Waals surface area (Å²) in [4.78, 5) is 16.1. The van der Waals surface area contributed by atoms with Gasteiger partial charge in [-0.2, -0.15) is 0 Å². The molecule has 0 fully saturated rings. The molecule has 0 saturated heterocycles. The predicted molar refractivity (Wildman–Crippen MR) is 179 cm³/mol. The Morgan fingerprint density at radius 3 is 2.50 bits per heavy atom. The first-order valence-electron chi connectivity index (χ1n) is 15.2. The summed E-state index contributed by atoms with van der Waals surface area (Å²) < 4.78 is 12.1. The molecular formula is C35H47N3O5Si. The number of phenols is 1. The van der Waals surface area contributed by atoms with Crippen LogP contribution in [0.1, 0.15) is 66.5 Å². The topological polar surface area (TPSA) is 116 Å². The van der Waals surface area contributed by atoms with Gasteiger partial charge in [0.25, 0.3) is 5.91 Å². The van der Waals surface area contributed by atoms with Crippen LogP contribution in [0.4, 0.5) is 0 Å². The summed E-state index contributed by atoms with van der Waals surface area (Å²) in [5.74, 6) is 0.682. The number of aromatic hydroxyl groups is 1. The number of aliphatic hydroxyl groups excluding tert-OH is 1. The molecule has 0 aliphatic rings. The van der Waals surface area contributed by atoms with Crippen molar-refractivity contribution in [3.05, 3.63) is 94.7 Å². The fraction of sp³-hybridized carbons (Fsp3) is 0.400. The zero-order chi connectivity index (χ0) is 32.1. The number of hydrogen-bond acceptors (Lipinski definition) is 6. The van der Waals surface area contributed by atoms with E-state index in [9.17, 15) is 15.0 Å². The highest BCUT2D eigenvalue weighted by molar-refractivity contribution is 6.74. The van der Waals surface area contributed by atoms with Crippen molar-refractivity contribution < 1.29 is 24.2 Å². The third-order valence-electron chi connectivity index (χ3n) is 8.60. The maximum atomic E-state index is 12.9. The molecular weight excluding hydrogens is 570 g/mol. The summed E-state index contributed by atoms with van der Waals surface area (Å²) in [5, 5.41) is 27.5. The van der Waals surface area contributed by atoms with E-state index in [0.29, 0.717) is 24.3 Å². The van der Waals surface area contributed by atoms with Crippen LogP contribution in [0.3, 0.4) is 0 Å². The number of carbonyl (C=O) groups excluding carboxylic acids is 1. The van der Waals surface area contributed by atoms with Crippen LogP contribution in [0, 0.1) is 0 Å². The summed E-state index contributed by atoms with van der Waals surface area (Å²) >= 11 is 0. The van der Waals surface area contributed by atoms with Gasteiger partial charge in [0.15, 0.2) is 8.32 Å². The number of H-pyrrole nitrogens is 1. The van der Waals surface area contributed by atoms with Crippen molar-refractivity contribution in [1.82, 2.24) is 15.6 Å². The van der Waals surface area contributed by atoms with Gasteiger partial charge in [0, 0.05) is 35.6 Å². The number of aromatic nitrogens is 1. The van der Waals surface area contributed by atoms with Crippen molar-refractivity contribution in [3.63, 3.8) is 0 Å². The van der Waals surface area contributed by atoms with Gasteiger partial charge < -0.3 is 35.0 Å². The highest BCUT2D eigenvalue weighted by atomic mass is 28.4. The Bertz CT molecular complexity index is 1580. The molecule has 0 aliphatic heterocycles. The minimum Gasteiger partial charge on any atom is -0.508 e. The van der Waals surface area contributed by atoms with Crippen LogP contribution < -0.4 is 15.4 Å². The number of fused-ring (bicyclic) bond motifs is 1. The first-order chi connectivity index (χ1) is 20.8. The maximum Gasteiger partial charge on any atom is 0.267 e. The first kappa shape index (κ1) is 33.3. The van der Waals surface area contributed by atoms with Crippen LogP contribution in [-0.4, -0.2) is 49.1 Å². The highest BCUT2D eigenvalue weighted by Crippen LogP contribution is 2.40. The SMILES string of the molecule is COc1cccc(CNC(=O)c2cc3cc(CC(C)NCC(O[Si](C)(C)C(C)(C)C)c4ccc(O)c(CO)c4)ccc3[nH]2)c1. The van der Waals surface area contributed by atoms with Crippen LogP contribution in [0.2, 0.25) is 18.1 Å². The van der Waals surface area contributed by atoms with Crippen molar-refractivity contribution in [2.45, 2.75) is 77.5 Å². The quantitative estimate of drug-likeness (QED) is 0.108. The second-order valence-corrected chi connectivity index (χ2v) is 17.8. The van der Waals surface area contributed by atoms with Gasteiger partial charge in [-0.15, -0.1) is 0 Å². The largest absolute Gasteiger partial charge is 0.508 e. The number of aromatic amines is 1. The Morgan fingerprint density at radius 1 is 1.02 bits per heavy atom. The second-order valence-electron chi connectivity index (χ2n) is 13.1. The number of carbonyl (C=O) groups is 1. The van der Waals surface area contributed by atoms with E-state index < -0.39 is 8.32 Å². The Labute approximate surface area is 261 Å². The smallest absolute Gasteiger partial charge is 0.267 e. The number of benzene rings is 3. The van der Waals surface area contributed by atoms with Crippen molar-refractivity contribution >= 4 is 25.1 Å². The van der Waals surface area contributed by atoms with Gasteiger partial charge >= 0.3 is 0 Å². The van der Waals surface area contributed by atoms with E-state index in [1.807, 2.05) is 48.5 Å². The summed E-state index contributed by atoms with van der Waals surface area (Å²) in [6, 6.07) is 21.3. The monoisotopic (exact) mass is 617 g/mol. The predicted octanol–water partition coefficient (Wildman–Crippen LogP) is 6.59. The minimum absolute atomic E-state index is 0.0322. The molecule has 0 bridgehead atoms. The molecule has 1 aromatic heterocycles. The van der Waals surface area contributed by atoms with E-state index in [2.05, 4.69) is 68.5 Å². The second kappa shape index (κ2) is 14.0. The number of nitrogens with one attached hydrogen (secondary N) is 3. The lowest BCUT2D eigenvalue weighted by atomic mass is 10.0. The molecule has 2 unspecified atom stereocenters. The molecule has 1 amide bonds. The molecule has 44 heavy (non-hydrogen) atoms. The summed E-state index contributed by atoms with van der Waals surface area (Å²) in [5.41, 5.74) is 4.99. The molecule has 0 radical (unpaired) electrons. The molecule has 2 atom stereocenters. The van der Waals surface area contributed by atoms with Crippen LogP contribution >= 0.6 is 0 Å². The van der Waals surface area contributed by atoms with Gasteiger partial charge in [0.2, 0.25) is 0 Å². The number of amides is 1. The third kappa shape index (κ3) is 8.29. The molecule has 236 valence electrons. The molecule has 3 aromatic carbocycles. The number of aliphatic hydroxyl groups is 1. The van der Waals surface area contributed by atoms with E-state index in [0.717, 1.165) is 39.8 Å². The zero-order valence-electron chi connectivity index (χ0n) is 27.0. The Hall–Kier alpha value is -3.63. The molecule has 4 aromatic rings. The normalized spacial score (nSPS) is 13.5. The zero-order valence-corrected chi connectivity index (χ0v) is 28.0. The van der Waals surface area contributed by atoms with E-state index in [1.165, 1.54) is 0 Å². The van der Waals surface area contributed by atoms with Crippen molar-refractivity contribution in [2.75, 3.05) is 13.7 Å². The first-order valence-corrected chi connectivity index (χ1v) is 18.1. The standard InChI is InChI=1S/C35H47N3O5Si/c1-23(36-21-33(43-44(6,7)35(2,3)4)26-12-14-32(40)28(18-26)22-39)15-24-11-13-30-27(16-24)19-31(38-30)34(41)37-20-25-9-8-10-29(17-25)42-5/h8-14,16-19,23,33,36,38-40H,15,20-22H2,1-7H3,(H,37,41). The number of hydrogen-bond donors (Lipinski definition) is 5. The van der Waals surface area contributed by atoms with Crippen LogP contribution in [-0.2, 0) is 24.0 Å². The average molecular weight is 618 g/mol. The van der Waals surface area contributed by atoms with Crippen LogP contribution in [0.25, 0.3) is 10.9 Å². The molecule has 0 spiro atoms. The average Bonchev–Trinajstić information content (AvgIpc) is 3.41. The Kier molecular flexibility index (Phi) is 10.6.